The Morgan fingerprint density at radius 3 is 2.44 bits per heavy atom. The molecule has 0 radical (unpaired) electrons. The van der Waals surface area contributed by atoms with Crippen molar-refractivity contribution >= 4 is 34.3 Å². The van der Waals surface area contributed by atoms with E-state index in [4.69, 9.17) is 14.2 Å². The monoisotopic (exact) mass is 507 g/mol. The Morgan fingerprint density at radius 1 is 0.972 bits per heavy atom. The molecule has 2 aromatic carbocycles. The molecular weight excluding hydrogens is 474 g/mol. The molecule has 0 aliphatic rings. The fraction of sp³-hybridized carbons (Fsp3) is 0.310. The molecule has 190 valence electrons. The van der Waals surface area contributed by atoms with Gasteiger partial charge in [-0.2, -0.15) is 0 Å². The van der Waals surface area contributed by atoms with Crippen LogP contribution in [-0.4, -0.2) is 31.7 Å². The number of unbranched alkanes of at least 4 members (excludes halogenated alkanes) is 1. The Morgan fingerprint density at radius 2 is 1.75 bits per heavy atom. The third-order valence-electron chi connectivity index (χ3n) is 5.32. The smallest absolute Gasteiger partial charge is 0.341 e. The van der Waals surface area contributed by atoms with E-state index in [-0.39, 0.29) is 12.5 Å². The summed E-state index contributed by atoms with van der Waals surface area (Å²) in [5.74, 6) is 0.516. The summed E-state index contributed by atoms with van der Waals surface area (Å²) in [6, 6.07) is 13.5. The van der Waals surface area contributed by atoms with Gasteiger partial charge in [0.05, 0.1) is 19.8 Å². The van der Waals surface area contributed by atoms with Gasteiger partial charge in [-0.1, -0.05) is 49.2 Å². The lowest BCUT2D eigenvalue weighted by Crippen LogP contribution is -2.12. The number of hydrogen-bond acceptors (Lipinski definition) is 6. The molecule has 1 N–H and O–H groups in total. The maximum absolute atomic E-state index is 12.8. The first kappa shape index (κ1) is 27.0. The van der Waals surface area contributed by atoms with Gasteiger partial charge >= 0.3 is 5.97 Å². The number of benzene rings is 2. The Labute approximate surface area is 216 Å². The summed E-state index contributed by atoms with van der Waals surface area (Å²) in [5.41, 5.74) is 3.91. The van der Waals surface area contributed by atoms with Gasteiger partial charge < -0.3 is 19.5 Å². The summed E-state index contributed by atoms with van der Waals surface area (Å²) in [6.07, 6.45) is 5.15. The first-order valence-electron chi connectivity index (χ1n) is 12.2. The average Bonchev–Trinajstić information content (AvgIpc) is 3.28. The Hall–Kier alpha value is -3.58. The van der Waals surface area contributed by atoms with Crippen LogP contribution in [0.5, 0.6) is 11.5 Å². The zero-order valence-electron chi connectivity index (χ0n) is 21.3. The molecule has 1 heterocycles. The van der Waals surface area contributed by atoms with E-state index in [0.29, 0.717) is 35.3 Å². The average molecular weight is 508 g/mol. The maximum atomic E-state index is 12.8. The van der Waals surface area contributed by atoms with Crippen molar-refractivity contribution in [2.75, 3.05) is 25.1 Å². The summed E-state index contributed by atoms with van der Waals surface area (Å²) < 4.78 is 16.8. The van der Waals surface area contributed by atoms with Gasteiger partial charge in [-0.15, -0.1) is 11.3 Å². The molecule has 36 heavy (non-hydrogen) atoms. The highest BCUT2D eigenvalue weighted by Gasteiger charge is 2.22. The number of amides is 1. The van der Waals surface area contributed by atoms with Gasteiger partial charge in [-0.3, -0.25) is 4.79 Å². The fourth-order valence-electron chi connectivity index (χ4n) is 3.47. The maximum Gasteiger partial charge on any atom is 0.341 e. The van der Waals surface area contributed by atoms with E-state index in [1.807, 2.05) is 61.7 Å². The number of nitrogens with one attached hydrogen (secondary N) is 1. The fourth-order valence-corrected chi connectivity index (χ4v) is 4.43. The van der Waals surface area contributed by atoms with Crippen LogP contribution in [0.15, 0.2) is 53.9 Å². The molecule has 0 bridgehead atoms. The van der Waals surface area contributed by atoms with E-state index in [9.17, 15) is 9.59 Å². The third kappa shape index (κ3) is 7.21. The molecule has 3 rings (SSSR count). The zero-order valence-corrected chi connectivity index (χ0v) is 22.1. The number of carbonyl (C=O) groups is 2. The van der Waals surface area contributed by atoms with Gasteiger partial charge in [-0.25, -0.2) is 4.79 Å². The molecular formula is C29H33NO5S. The predicted octanol–water partition coefficient (Wildman–Crippen LogP) is 7.13. The number of hydrogen-bond donors (Lipinski definition) is 1. The molecule has 3 aromatic rings. The van der Waals surface area contributed by atoms with Crippen LogP contribution in [0.25, 0.3) is 17.2 Å². The number of aryl methyl sites for hydroxylation is 1. The van der Waals surface area contributed by atoms with Gasteiger partial charge in [0.1, 0.15) is 10.6 Å². The second-order valence-corrected chi connectivity index (χ2v) is 8.98. The van der Waals surface area contributed by atoms with E-state index < -0.39 is 5.97 Å². The Kier molecular flexibility index (Phi) is 10.1. The molecule has 0 unspecified atom stereocenters. The molecule has 1 aromatic heterocycles. The second-order valence-electron chi connectivity index (χ2n) is 8.10. The number of esters is 1. The SMILES string of the molecule is CCCCOc1ccc(/C=C/C(=O)Nc2scc(-c3ccc(C)cc3)c2C(=O)OCC)cc1OCC. The van der Waals surface area contributed by atoms with Crippen molar-refractivity contribution in [3.8, 4) is 22.6 Å². The normalized spacial score (nSPS) is 10.9. The summed E-state index contributed by atoms with van der Waals surface area (Å²) in [5, 5.41) is 5.16. The molecule has 0 aliphatic heterocycles. The number of ether oxygens (including phenoxy) is 3. The van der Waals surface area contributed by atoms with Crippen LogP contribution in [0.1, 0.15) is 55.1 Å². The molecule has 7 heteroatoms. The lowest BCUT2D eigenvalue weighted by atomic mass is 10.0. The highest BCUT2D eigenvalue weighted by atomic mass is 32.1. The van der Waals surface area contributed by atoms with E-state index in [1.165, 1.54) is 17.4 Å². The highest BCUT2D eigenvalue weighted by molar-refractivity contribution is 7.15. The van der Waals surface area contributed by atoms with Gasteiger partial charge in [-0.05, 0) is 56.5 Å². The Balaban J connectivity index is 1.79. The van der Waals surface area contributed by atoms with E-state index in [2.05, 4.69) is 12.2 Å². The minimum Gasteiger partial charge on any atom is -0.490 e. The molecule has 0 saturated carbocycles. The minimum absolute atomic E-state index is 0.246. The molecule has 0 aliphatic carbocycles. The number of anilines is 1. The molecule has 0 spiro atoms. The summed E-state index contributed by atoms with van der Waals surface area (Å²) in [6.45, 7) is 9.17. The topological polar surface area (TPSA) is 73.9 Å². The second kappa shape index (κ2) is 13.5. The Bertz CT molecular complexity index is 1200. The molecule has 0 atom stereocenters. The van der Waals surface area contributed by atoms with Crippen LogP contribution >= 0.6 is 11.3 Å². The molecule has 6 nitrogen and oxygen atoms in total. The predicted molar refractivity (Wildman–Crippen MR) is 146 cm³/mol. The van der Waals surface area contributed by atoms with Gasteiger partial charge in [0.25, 0.3) is 0 Å². The minimum atomic E-state index is -0.464. The van der Waals surface area contributed by atoms with Crippen LogP contribution in [0.3, 0.4) is 0 Å². The van der Waals surface area contributed by atoms with Crippen molar-refractivity contribution < 1.29 is 23.8 Å². The molecule has 0 saturated heterocycles. The van der Waals surface area contributed by atoms with Crippen LogP contribution in [0, 0.1) is 6.92 Å². The van der Waals surface area contributed by atoms with E-state index in [1.54, 1.807) is 13.0 Å². The van der Waals surface area contributed by atoms with Gasteiger partial charge in [0.2, 0.25) is 5.91 Å². The van der Waals surface area contributed by atoms with Crippen molar-refractivity contribution in [1.82, 2.24) is 0 Å². The number of thiophene rings is 1. The van der Waals surface area contributed by atoms with Crippen molar-refractivity contribution in [2.24, 2.45) is 0 Å². The highest BCUT2D eigenvalue weighted by Crippen LogP contribution is 2.36. The largest absolute Gasteiger partial charge is 0.490 e. The van der Waals surface area contributed by atoms with Crippen molar-refractivity contribution in [1.29, 1.82) is 0 Å². The first-order valence-corrected chi connectivity index (χ1v) is 13.1. The summed E-state index contributed by atoms with van der Waals surface area (Å²) >= 11 is 1.30. The lowest BCUT2D eigenvalue weighted by molar-refractivity contribution is -0.111. The van der Waals surface area contributed by atoms with Crippen molar-refractivity contribution in [2.45, 2.75) is 40.5 Å². The standard InChI is InChI=1S/C29H33NO5S/c1-5-8-17-35-24-15-11-21(18-25(24)33-6-2)12-16-26(31)30-28-27(29(32)34-7-3)23(19-36-28)22-13-9-20(4)10-14-22/h9-16,18-19H,5-8,17H2,1-4H3,(H,30,31)/b16-12+. The van der Waals surface area contributed by atoms with Crippen LogP contribution in [0.2, 0.25) is 0 Å². The van der Waals surface area contributed by atoms with Crippen LogP contribution in [0.4, 0.5) is 5.00 Å². The number of rotatable bonds is 12. The van der Waals surface area contributed by atoms with Crippen LogP contribution in [-0.2, 0) is 9.53 Å². The van der Waals surface area contributed by atoms with Gasteiger partial charge in [0, 0.05) is 17.0 Å². The summed E-state index contributed by atoms with van der Waals surface area (Å²) in [7, 11) is 0. The molecule has 1 amide bonds. The first-order chi connectivity index (χ1) is 17.5. The third-order valence-corrected chi connectivity index (χ3v) is 6.22. The van der Waals surface area contributed by atoms with Crippen molar-refractivity contribution in [3.05, 3.63) is 70.6 Å². The van der Waals surface area contributed by atoms with E-state index >= 15 is 0 Å². The van der Waals surface area contributed by atoms with E-state index in [0.717, 1.165) is 35.1 Å². The zero-order chi connectivity index (χ0) is 25.9. The van der Waals surface area contributed by atoms with Crippen LogP contribution < -0.4 is 14.8 Å². The number of carbonyl (C=O) groups excluding carboxylic acids is 2. The van der Waals surface area contributed by atoms with Crippen molar-refractivity contribution in [3.63, 3.8) is 0 Å². The quantitative estimate of drug-likeness (QED) is 0.160. The lowest BCUT2D eigenvalue weighted by Gasteiger charge is -2.12. The summed E-state index contributed by atoms with van der Waals surface area (Å²) in [4.78, 5) is 25.5. The van der Waals surface area contributed by atoms with Gasteiger partial charge in [0.15, 0.2) is 11.5 Å². The molecule has 0 fully saturated rings.